The molecule has 6 N–H and O–H groups in total. The minimum absolute atomic E-state index is 0.0388. The summed E-state index contributed by atoms with van der Waals surface area (Å²) in [4.78, 5) is 43.5. The Hall–Kier alpha value is -3.41. The lowest BCUT2D eigenvalue weighted by atomic mass is 9.57. The number of rotatable bonds is 6. The van der Waals surface area contributed by atoms with Gasteiger partial charge in [-0.2, -0.15) is 0 Å². The number of nitrogens with zero attached hydrogens (tertiary/aromatic N) is 2. The maximum atomic E-state index is 14.1. The highest BCUT2D eigenvalue weighted by Gasteiger charge is 2.64. The molecule has 2 saturated carbocycles. The maximum absolute atomic E-state index is 14.1. The summed E-state index contributed by atoms with van der Waals surface area (Å²) in [7, 11) is 4.72. The van der Waals surface area contributed by atoms with Gasteiger partial charge in [0, 0.05) is 35.2 Å². The highest BCUT2D eigenvalue weighted by molar-refractivity contribution is 6.24. The van der Waals surface area contributed by atoms with E-state index in [0.29, 0.717) is 17.2 Å². The second kappa shape index (κ2) is 10.1. The van der Waals surface area contributed by atoms with Crippen molar-refractivity contribution in [2.45, 2.75) is 62.6 Å². The van der Waals surface area contributed by atoms with E-state index in [0.717, 1.165) is 37.9 Å². The number of primary amides is 1. The lowest BCUT2D eigenvalue weighted by molar-refractivity contribution is -0.153. The number of nitrogens with two attached hydrogens (primary N) is 1. The summed E-state index contributed by atoms with van der Waals surface area (Å²) < 4.78 is 5.97. The van der Waals surface area contributed by atoms with E-state index in [4.69, 9.17) is 10.5 Å². The van der Waals surface area contributed by atoms with Crippen molar-refractivity contribution in [1.29, 1.82) is 0 Å². The molecule has 226 valence electrons. The van der Waals surface area contributed by atoms with Crippen molar-refractivity contribution in [2.24, 2.45) is 23.5 Å². The number of Topliss-reactive ketones (excluding diaryl/α,β-unsaturated/α-hetero) is 2. The van der Waals surface area contributed by atoms with Crippen LogP contribution in [0.1, 0.15) is 61.3 Å². The molecule has 1 aromatic carbocycles. The van der Waals surface area contributed by atoms with E-state index in [-0.39, 0.29) is 35.8 Å². The number of piperidine rings is 1. The van der Waals surface area contributed by atoms with Crippen molar-refractivity contribution in [2.75, 3.05) is 34.3 Å². The molecule has 0 spiro atoms. The summed E-state index contributed by atoms with van der Waals surface area (Å²) in [5.74, 6) is -5.38. The van der Waals surface area contributed by atoms with Crippen molar-refractivity contribution in [1.82, 2.24) is 9.80 Å². The highest BCUT2D eigenvalue weighted by atomic mass is 16.5. The largest absolute Gasteiger partial charge is 0.508 e. The summed E-state index contributed by atoms with van der Waals surface area (Å²) in [6.45, 7) is 1.95. The van der Waals surface area contributed by atoms with Gasteiger partial charge in [0.1, 0.15) is 28.6 Å². The molecule has 3 fully saturated rings. The van der Waals surface area contributed by atoms with E-state index in [9.17, 15) is 34.8 Å². The SMILES string of the molecule is COc1c(C2CCCCN2CC2CC2)cc(O)c2c1C[C@H]1C[C@H]3[C@H](N(C)C)C(=O)C(C(N)=O)=C(O)[C@@]3(O)C(=O)C1=C2O. The number of ether oxygens (including phenoxy) is 1. The fourth-order valence-electron chi connectivity index (χ4n) is 8.00. The summed E-state index contributed by atoms with van der Waals surface area (Å²) in [6.07, 6.45) is 5.75. The van der Waals surface area contributed by atoms with Crippen molar-refractivity contribution in [3.8, 4) is 11.5 Å². The number of phenols is 1. The van der Waals surface area contributed by atoms with Crippen LogP contribution in [0.4, 0.5) is 0 Å². The first-order chi connectivity index (χ1) is 19.9. The molecule has 1 unspecified atom stereocenters. The van der Waals surface area contributed by atoms with E-state index >= 15 is 0 Å². The van der Waals surface area contributed by atoms with Crippen LogP contribution in [0, 0.1) is 17.8 Å². The number of amides is 1. The third kappa shape index (κ3) is 4.08. The number of carbonyl (C=O) groups is 3. The molecule has 1 amide bonds. The van der Waals surface area contributed by atoms with Crippen LogP contribution in [0.2, 0.25) is 0 Å². The number of phenolic OH excluding ortho intramolecular Hbond substituents is 1. The number of methoxy groups -OCH3 is 1. The van der Waals surface area contributed by atoms with Gasteiger partial charge in [0.15, 0.2) is 11.4 Å². The van der Waals surface area contributed by atoms with E-state index in [2.05, 4.69) is 4.90 Å². The minimum atomic E-state index is -2.66. The van der Waals surface area contributed by atoms with Gasteiger partial charge in [0.05, 0.1) is 18.7 Å². The first-order valence-electron chi connectivity index (χ1n) is 14.7. The number of aromatic hydroxyl groups is 1. The molecule has 0 bridgehead atoms. The fourth-order valence-corrected chi connectivity index (χ4v) is 8.00. The zero-order chi connectivity index (χ0) is 30.2. The zero-order valence-corrected chi connectivity index (χ0v) is 24.2. The van der Waals surface area contributed by atoms with Crippen LogP contribution in [0.15, 0.2) is 23.0 Å². The predicted molar refractivity (Wildman–Crippen MR) is 152 cm³/mol. The van der Waals surface area contributed by atoms with E-state index < -0.39 is 58.0 Å². The number of hydrogen-bond acceptors (Lipinski definition) is 10. The highest BCUT2D eigenvalue weighted by Crippen LogP contribution is 2.55. The Bertz CT molecular complexity index is 1440. The zero-order valence-electron chi connectivity index (χ0n) is 24.2. The molecule has 6 rings (SSSR count). The maximum Gasteiger partial charge on any atom is 0.255 e. The lowest BCUT2D eigenvalue weighted by Gasteiger charge is -2.50. The number of ketones is 2. The van der Waals surface area contributed by atoms with Crippen LogP contribution >= 0.6 is 0 Å². The molecule has 42 heavy (non-hydrogen) atoms. The van der Waals surface area contributed by atoms with Gasteiger partial charge in [-0.1, -0.05) is 6.42 Å². The van der Waals surface area contributed by atoms with Gasteiger partial charge >= 0.3 is 0 Å². The standard InChI is InChI=1S/C31H39N3O8/c1-33(2)24-18-11-15-10-17-22(25(36)21(15)28(38)31(18,41)29(39)23(26(24)37)30(32)40)20(35)12-16(27(17)42-3)19-6-4-5-9-34(19)13-14-7-8-14/h12,14-15,18-19,24,35-36,39,41H,4-11,13H2,1-3H3,(H2,32,40)/t15-,18-,19?,24-,31-/m0/s1. The summed E-state index contributed by atoms with van der Waals surface area (Å²) >= 11 is 0. The number of benzene rings is 1. The molecule has 11 nitrogen and oxygen atoms in total. The molecule has 1 aliphatic heterocycles. The Balaban J connectivity index is 1.49. The second-order valence-electron chi connectivity index (χ2n) is 12.8. The van der Waals surface area contributed by atoms with Crippen LogP contribution in [0.5, 0.6) is 11.5 Å². The van der Waals surface area contributed by atoms with Gasteiger partial charge in [0.25, 0.3) is 5.91 Å². The van der Waals surface area contributed by atoms with Crippen LogP contribution in [-0.2, 0) is 20.8 Å². The van der Waals surface area contributed by atoms with Gasteiger partial charge in [0.2, 0.25) is 5.78 Å². The first-order valence-corrected chi connectivity index (χ1v) is 14.7. The number of carbonyl (C=O) groups excluding carboxylic acids is 3. The van der Waals surface area contributed by atoms with Gasteiger partial charge in [-0.25, -0.2) is 0 Å². The van der Waals surface area contributed by atoms with Gasteiger partial charge in [-0.15, -0.1) is 0 Å². The number of aliphatic hydroxyl groups excluding tert-OH is 2. The Morgan fingerprint density at radius 3 is 2.50 bits per heavy atom. The number of aliphatic hydroxyl groups is 3. The topological polar surface area (TPSA) is 174 Å². The summed E-state index contributed by atoms with van der Waals surface area (Å²) in [5.41, 5.74) is 3.21. The third-order valence-corrected chi connectivity index (χ3v) is 10.1. The molecule has 1 heterocycles. The van der Waals surface area contributed by atoms with Crippen LogP contribution in [0.25, 0.3) is 5.76 Å². The number of likely N-dealkylation sites (tertiary alicyclic amines) is 1. The average Bonchev–Trinajstić information content (AvgIpc) is 3.74. The molecule has 11 heteroatoms. The number of fused-ring (bicyclic) bond motifs is 3. The molecule has 4 aliphatic carbocycles. The minimum Gasteiger partial charge on any atom is -0.508 e. The van der Waals surface area contributed by atoms with E-state index in [1.165, 1.54) is 17.7 Å². The normalized spacial score (nSPS) is 31.6. The molecular weight excluding hydrogens is 542 g/mol. The Kier molecular flexibility index (Phi) is 6.90. The monoisotopic (exact) mass is 581 g/mol. The van der Waals surface area contributed by atoms with Crippen LogP contribution in [0.3, 0.4) is 0 Å². The van der Waals surface area contributed by atoms with Crippen molar-refractivity contribution < 1.29 is 39.5 Å². The van der Waals surface area contributed by atoms with E-state index in [1.807, 2.05) is 0 Å². The van der Waals surface area contributed by atoms with Gasteiger partial charge in [-0.05, 0) is 77.1 Å². The molecular formula is C31H39N3O8. The molecule has 0 aromatic heterocycles. The van der Waals surface area contributed by atoms with Crippen LogP contribution in [-0.4, -0.2) is 93.6 Å². The second-order valence-corrected chi connectivity index (χ2v) is 12.8. The Morgan fingerprint density at radius 2 is 1.88 bits per heavy atom. The number of likely N-dealkylation sites (N-methyl/N-ethyl adjacent to an activating group) is 1. The first kappa shape index (κ1) is 28.7. The van der Waals surface area contributed by atoms with Crippen molar-refractivity contribution in [3.63, 3.8) is 0 Å². The molecule has 5 aliphatic rings. The number of hydrogen-bond donors (Lipinski definition) is 5. The molecule has 1 aromatic rings. The third-order valence-electron chi connectivity index (χ3n) is 10.1. The summed E-state index contributed by atoms with van der Waals surface area (Å²) in [6, 6.07) is 0.529. The molecule has 0 radical (unpaired) electrons. The lowest BCUT2D eigenvalue weighted by Crippen LogP contribution is -2.65. The predicted octanol–water partition coefficient (Wildman–Crippen LogP) is 1.91. The smallest absolute Gasteiger partial charge is 0.255 e. The van der Waals surface area contributed by atoms with Gasteiger partial charge < -0.3 is 30.9 Å². The van der Waals surface area contributed by atoms with Crippen molar-refractivity contribution >= 4 is 23.2 Å². The van der Waals surface area contributed by atoms with Gasteiger partial charge in [-0.3, -0.25) is 24.2 Å². The van der Waals surface area contributed by atoms with Crippen LogP contribution < -0.4 is 10.5 Å². The Labute approximate surface area is 244 Å². The fraction of sp³-hybridized carbons (Fsp3) is 0.581. The summed E-state index contributed by atoms with van der Waals surface area (Å²) in [5, 5.41) is 45.7. The quantitative estimate of drug-likeness (QED) is 0.312. The molecule has 5 atom stereocenters. The average molecular weight is 582 g/mol. The Morgan fingerprint density at radius 1 is 1.17 bits per heavy atom. The molecule has 1 saturated heterocycles. The van der Waals surface area contributed by atoms with Crippen molar-refractivity contribution in [3.05, 3.63) is 39.7 Å². The van der Waals surface area contributed by atoms with E-state index in [1.54, 1.807) is 27.3 Å².